The number of hydrogen-bond acceptors (Lipinski definition) is 5. The van der Waals surface area contributed by atoms with Crippen LogP contribution in [0.15, 0.2) is 67.3 Å². The van der Waals surface area contributed by atoms with Crippen LogP contribution in [0, 0.1) is 5.82 Å². The highest BCUT2D eigenvalue weighted by atomic mass is 19.1. The maximum absolute atomic E-state index is 14.5. The standard InChI is InChI=1S/C25H16FN7/c26-19-4-2-1-3-16(19)17-7-10-28-24-22(17)29-25(30-24)23-18-11-15(14-5-8-27-9-6-14)12-33-13-20(33)21(18)31-32-23/h1-12,31H,13H2,(H,28,29,30). The molecule has 1 aromatic carbocycles. The third-order valence-electron chi connectivity index (χ3n) is 6.04. The first kappa shape index (κ1) is 18.0. The normalized spacial score (nSPS) is 14.4. The molecule has 0 saturated carbocycles. The zero-order valence-corrected chi connectivity index (χ0v) is 17.2. The molecule has 8 heteroatoms. The second-order valence-corrected chi connectivity index (χ2v) is 8.02. The Morgan fingerprint density at radius 1 is 0.970 bits per heavy atom. The Balaban J connectivity index is 1.44. The van der Waals surface area contributed by atoms with E-state index >= 15 is 0 Å². The smallest absolute Gasteiger partial charge is 0.178 e. The Bertz CT molecular complexity index is 1710. The minimum Gasteiger partial charge on any atom is -0.341 e. The molecule has 0 unspecified atom stereocenters. The average molecular weight is 433 g/mol. The molecule has 2 aliphatic rings. The zero-order valence-electron chi connectivity index (χ0n) is 17.2. The predicted molar refractivity (Wildman–Crippen MR) is 123 cm³/mol. The lowest BCUT2D eigenvalue weighted by molar-refractivity contribution is 0.631. The second-order valence-electron chi connectivity index (χ2n) is 8.02. The lowest BCUT2D eigenvalue weighted by atomic mass is 10.1. The van der Waals surface area contributed by atoms with Gasteiger partial charge < -0.3 is 9.88 Å². The lowest BCUT2D eigenvalue weighted by Gasteiger charge is -2.03. The highest BCUT2D eigenvalue weighted by Gasteiger charge is 2.29. The molecule has 1 saturated heterocycles. The summed E-state index contributed by atoms with van der Waals surface area (Å²) in [6.45, 7) is 0.857. The maximum Gasteiger partial charge on any atom is 0.178 e. The average Bonchev–Trinajstić information content (AvgIpc) is 3.31. The minimum atomic E-state index is -0.291. The van der Waals surface area contributed by atoms with E-state index in [-0.39, 0.29) is 5.82 Å². The van der Waals surface area contributed by atoms with Gasteiger partial charge in [0.25, 0.3) is 0 Å². The number of imidazole rings is 1. The van der Waals surface area contributed by atoms with Crippen LogP contribution in [0.3, 0.4) is 0 Å². The summed E-state index contributed by atoms with van der Waals surface area (Å²) in [4.78, 5) is 18.8. The predicted octanol–water partition coefficient (Wildman–Crippen LogP) is 2.81. The van der Waals surface area contributed by atoms with E-state index in [1.807, 2.05) is 18.2 Å². The fourth-order valence-corrected chi connectivity index (χ4v) is 4.35. The molecule has 0 spiro atoms. The number of H-pyrrole nitrogens is 2. The highest BCUT2D eigenvalue weighted by molar-refractivity contribution is 5.93. The lowest BCUT2D eigenvalue weighted by Crippen LogP contribution is -2.24. The van der Waals surface area contributed by atoms with E-state index in [1.165, 1.54) is 11.8 Å². The molecule has 5 aromatic rings. The Kier molecular flexibility index (Phi) is 3.66. The number of rotatable bonds is 3. The van der Waals surface area contributed by atoms with Crippen LogP contribution in [0.4, 0.5) is 4.39 Å². The summed E-state index contributed by atoms with van der Waals surface area (Å²) in [6.07, 6.45) is 9.47. The van der Waals surface area contributed by atoms with Crippen LogP contribution in [-0.4, -0.2) is 41.6 Å². The van der Waals surface area contributed by atoms with Crippen LogP contribution in [0.5, 0.6) is 0 Å². The molecule has 6 heterocycles. The van der Waals surface area contributed by atoms with Gasteiger partial charge in [-0.3, -0.25) is 10.1 Å². The van der Waals surface area contributed by atoms with Crippen molar-refractivity contribution < 1.29 is 4.39 Å². The SMILES string of the molecule is Fc1ccccc1-c1ccnc2nc(-c3n[nH]c4c3=CC(c3ccncc3)=CN3CC=43)[nH]c12. The Morgan fingerprint density at radius 2 is 1.85 bits per heavy atom. The summed E-state index contributed by atoms with van der Waals surface area (Å²) in [5.74, 6) is 0.291. The molecule has 0 atom stereocenters. The number of nitrogens with zero attached hydrogens (tertiary/aromatic N) is 5. The van der Waals surface area contributed by atoms with Gasteiger partial charge in [0.05, 0.1) is 23.1 Å². The van der Waals surface area contributed by atoms with Crippen molar-refractivity contribution in [2.24, 2.45) is 0 Å². The van der Waals surface area contributed by atoms with Crippen LogP contribution in [-0.2, 0) is 0 Å². The molecule has 2 N–H and O–H groups in total. The summed E-state index contributed by atoms with van der Waals surface area (Å²) in [6, 6.07) is 12.5. The number of halogens is 1. The Labute approximate surface area is 186 Å². The van der Waals surface area contributed by atoms with Crippen molar-refractivity contribution in [1.29, 1.82) is 0 Å². The molecule has 2 aliphatic heterocycles. The van der Waals surface area contributed by atoms with E-state index in [0.29, 0.717) is 33.8 Å². The van der Waals surface area contributed by atoms with Gasteiger partial charge >= 0.3 is 0 Å². The van der Waals surface area contributed by atoms with E-state index in [9.17, 15) is 4.39 Å². The van der Waals surface area contributed by atoms with Gasteiger partial charge in [0.2, 0.25) is 0 Å². The third kappa shape index (κ3) is 2.81. The third-order valence-corrected chi connectivity index (χ3v) is 6.04. The highest BCUT2D eigenvalue weighted by Crippen LogP contribution is 2.31. The Hall–Kier alpha value is -4.59. The van der Waals surface area contributed by atoms with Gasteiger partial charge in [0, 0.05) is 41.1 Å². The maximum atomic E-state index is 14.5. The van der Waals surface area contributed by atoms with Gasteiger partial charge in [0.1, 0.15) is 11.5 Å². The van der Waals surface area contributed by atoms with E-state index in [4.69, 9.17) is 4.98 Å². The number of aromatic amines is 2. The topological polar surface area (TPSA) is 86.2 Å². The van der Waals surface area contributed by atoms with Crippen molar-refractivity contribution >= 4 is 28.5 Å². The summed E-state index contributed by atoms with van der Waals surface area (Å²) >= 11 is 0. The van der Waals surface area contributed by atoms with Crippen LogP contribution in [0.25, 0.3) is 51.2 Å². The first-order chi connectivity index (χ1) is 16.3. The van der Waals surface area contributed by atoms with Crippen molar-refractivity contribution in [3.63, 3.8) is 0 Å². The first-order valence-electron chi connectivity index (χ1n) is 10.5. The number of allylic oxidation sites excluding steroid dienone is 1. The largest absolute Gasteiger partial charge is 0.341 e. The molecule has 1 fully saturated rings. The van der Waals surface area contributed by atoms with E-state index in [1.54, 1.807) is 36.8 Å². The van der Waals surface area contributed by atoms with E-state index in [2.05, 4.69) is 42.3 Å². The fourth-order valence-electron chi connectivity index (χ4n) is 4.35. The first-order valence-corrected chi connectivity index (χ1v) is 10.5. The van der Waals surface area contributed by atoms with E-state index < -0.39 is 0 Å². The monoisotopic (exact) mass is 433 g/mol. The number of benzene rings is 1. The molecule has 7 nitrogen and oxygen atoms in total. The molecule has 158 valence electrons. The molecule has 0 bridgehead atoms. The molecular formula is C25H16FN7. The second kappa shape index (κ2) is 6.70. The minimum absolute atomic E-state index is 0.291. The summed E-state index contributed by atoms with van der Waals surface area (Å²) in [5.41, 5.74) is 6.42. The number of fused-ring (bicyclic) bond motifs is 3. The molecule has 4 aromatic heterocycles. The fraction of sp³-hybridized carbons (Fsp3) is 0.0400. The molecule has 7 rings (SSSR count). The van der Waals surface area contributed by atoms with Gasteiger partial charge in [0.15, 0.2) is 11.5 Å². The summed E-state index contributed by atoms with van der Waals surface area (Å²) in [5, 5.41) is 9.71. The number of hydrogen-bond donors (Lipinski definition) is 2. The van der Waals surface area contributed by atoms with Crippen molar-refractivity contribution in [2.45, 2.75) is 0 Å². The number of pyridine rings is 2. The van der Waals surface area contributed by atoms with E-state index in [0.717, 1.165) is 28.2 Å². The van der Waals surface area contributed by atoms with Crippen LogP contribution in [0.1, 0.15) is 5.56 Å². The number of aromatic nitrogens is 6. The number of nitrogens with one attached hydrogen (secondary N) is 2. The zero-order chi connectivity index (χ0) is 21.9. The Morgan fingerprint density at radius 3 is 2.73 bits per heavy atom. The molecule has 0 aliphatic carbocycles. The van der Waals surface area contributed by atoms with Gasteiger partial charge in [-0.25, -0.2) is 14.4 Å². The van der Waals surface area contributed by atoms with Crippen molar-refractivity contribution in [1.82, 2.24) is 35.0 Å². The van der Waals surface area contributed by atoms with Gasteiger partial charge in [-0.05, 0) is 41.5 Å². The quantitative estimate of drug-likeness (QED) is 0.428. The summed E-state index contributed by atoms with van der Waals surface area (Å²) in [7, 11) is 0. The van der Waals surface area contributed by atoms with Crippen LogP contribution in [0.2, 0.25) is 0 Å². The molecule has 0 amide bonds. The van der Waals surface area contributed by atoms with Gasteiger partial charge in [-0.2, -0.15) is 5.10 Å². The molecule has 0 radical (unpaired) electrons. The van der Waals surface area contributed by atoms with Crippen molar-refractivity contribution in [2.75, 3.05) is 6.54 Å². The molecule has 33 heavy (non-hydrogen) atoms. The van der Waals surface area contributed by atoms with Gasteiger partial charge in [-0.15, -0.1) is 0 Å². The van der Waals surface area contributed by atoms with Crippen LogP contribution < -0.4 is 10.6 Å². The van der Waals surface area contributed by atoms with Crippen molar-refractivity contribution in [3.8, 4) is 22.6 Å². The van der Waals surface area contributed by atoms with Gasteiger partial charge in [-0.1, -0.05) is 18.2 Å². The molecular weight excluding hydrogens is 417 g/mol. The summed E-state index contributed by atoms with van der Waals surface area (Å²) < 4.78 is 14.5. The van der Waals surface area contributed by atoms with Crippen molar-refractivity contribution in [3.05, 3.63) is 89.2 Å². The van der Waals surface area contributed by atoms with Crippen LogP contribution >= 0.6 is 0 Å².